The van der Waals surface area contributed by atoms with Crippen molar-refractivity contribution < 1.29 is 8.42 Å². The highest BCUT2D eigenvalue weighted by Gasteiger charge is 2.21. The van der Waals surface area contributed by atoms with E-state index in [2.05, 4.69) is 22.1 Å². The van der Waals surface area contributed by atoms with E-state index in [1.807, 2.05) is 36.4 Å². The van der Waals surface area contributed by atoms with Crippen LogP contribution < -0.4 is 0 Å². The number of nitrogens with one attached hydrogen (secondary N) is 1. The summed E-state index contributed by atoms with van der Waals surface area (Å²) in [5.74, 6) is 0. The van der Waals surface area contributed by atoms with Crippen molar-refractivity contribution in [2.75, 3.05) is 19.3 Å². The second-order valence-corrected chi connectivity index (χ2v) is 8.92. The van der Waals surface area contributed by atoms with Crippen LogP contribution in [0.1, 0.15) is 17.7 Å². The zero-order chi connectivity index (χ0) is 19.7. The molecule has 3 heterocycles. The molecule has 1 N–H and O–H groups in total. The number of hydrogen-bond donors (Lipinski definition) is 1. The molecule has 0 amide bonds. The minimum Gasteiger partial charge on any atom is -0.339 e. The Bertz CT molecular complexity index is 1200. The zero-order valence-corrected chi connectivity index (χ0v) is 16.3. The van der Waals surface area contributed by atoms with Crippen LogP contribution >= 0.6 is 0 Å². The number of nitrogens with zero attached hydrogens (tertiary/aromatic N) is 3. The molecule has 142 valence electrons. The van der Waals surface area contributed by atoms with Gasteiger partial charge in [0.2, 0.25) is 10.0 Å². The van der Waals surface area contributed by atoms with Crippen LogP contribution in [0.3, 0.4) is 0 Å². The van der Waals surface area contributed by atoms with Gasteiger partial charge in [-0.2, -0.15) is 9.57 Å². The van der Waals surface area contributed by atoms with Gasteiger partial charge in [0.05, 0.1) is 18.7 Å². The first-order chi connectivity index (χ1) is 13.5. The standard InChI is InChI=1S/C21H20N4O2S/c1-28(26,27)25-12-8-17(9-13-25)20-14-19-18(7-11-23-21(19)24-20)16-4-2-15(3-5-16)6-10-22/h2-5,7-8,11,14H,6,9,12-13H2,1H3,(H,23,24). The number of fused-ring (bicyclic) bond motifs is 1. The van der Waals surface area contributed by atoms with Crippen LogP contribution in [-0.4, -0.2) is 42.0 Å². The predicted molar refractivity (Wildman–Crippen MR) is 110 cm³/mol. The number of hydrogen-bond acceptors (Lipinski definition) is 4. The lowest BCUT2D eigenvalue weighted by Crippen LogP contribution is -2.33. The van der Waals surface area contributed by atoms with Crippen LogP contribution in [0.2, 0.25) is 0 Å². The minimum atomic E-state index is -3.16. The molecule has 1 aliphatic rings. The van der Waals surface area contributed by atoms with Gasteiger partial charge in [-0.25, -0.2) is 13.4 Å². The fraction of sp³-hybridized carbons (Fsp3) is 0.238. The average molecular weight is 392 g/mol. The van der Waals surface area contributed by atoms with Gasteiger partial charge in [0.1, 0.15) is 5.65 Å². The van der Waals surface area contributed by atoms with Gasteiger partial charge in [-0.1, -0.05) is 30.3 Å². The van der Waals surface area contributed by atoms with Gasteiger partial charge in [0.25, 0.3) is 0 Å². The summed E-state index contributed by atoms with van der Waals surface area (Å²) in [7, 11) is -3.16. The number of aromatic amines is 1. The molecule has 2 aromatic heterocycles. The van der Waals surface area contributed by atoms with E-state index in [1.165, 1.54) is 10.6 Å². The molecule has 0 saturated heterocycles. The molecule has 28 heavy (non-hydrogen) atoms. The Morgan fingerprint density at radius 3 is 2.68 bits per heavy atom. The molecule has 1 aromatic carbocycles. The molecule has 6 nitrogen and oxygen atoms in total. The van der Waals surface area contributed by atoms with E-state index in [0.717, 1.165) is 39.0 Å². The van der Waals surface area contributed by atoms with Crippen LogP contribution in [0, 0.1) is 11.3 Å². The third-order valence-corrected chi connectivity index (χ3v) is 6.34. The molecular formula is C21H20N4O2S. The van der Waals surface area contributed by atoms with Crippen LogP contribution in [0.25, 0.3) is 27.7 Å². The molecule has 3 aromatic rings. The first-order valence-corrected chi connectivity index (χ1v) is 10.9. The maximum absolute atomic E-state index is 11.7. The molecule has 0 fully saturated rings. The van der Waals surface area contributed by atoms with Gasteiger partial charge in [0, 0.05) is 30.4 Å². The lowest BCUT2D eigenvalue weighted by Gasteiger charge is -2.23. The fourth-order valence-electron chi connectivity index (χ4n) is 3.54. The monoisotopic (exact) mass is 392 g/mol. The molecule has 0 atom stereocenters. The summed E-state index contributed by atoms with van der Waals surface area (Å²) in [4.78, 5) is 7.82. The fourth-order valence-corrected chi connectivity index (χ4v) is 4.31. The van der Waals surface area contributed by atoms with E-state index in [9.17, 15) is 8.42 Å². The first kappa shape index (κ1) is 18.4. The van der Waals surface area contributed by atoms with Crippen LogP contribution in [-0.2, 0) is 16.4 Å². The van der Waals surface area contributed by atoms with Crippen molar-refractivity contribution in [2.45, 2.75) is 12.8 Å². The third-order valence-electron chi connectivity index (χ3n) is 5.07. The Balaban J connectivity index is 1.68. The lowest BCUT2D eigenvalue weighted by atomic mass is 10.0. The van der Waals surface area contributed by atoms with Crippen molar-refractivity contribution in [2.24, 2.45) is 0 Å². The van der Waals surface area contributed by atoms with E-state index in [-0.39, 0.29) is 0 Å². The van der Waals surface area contributed by atoms with Crippen LogP contribution in [0.15, 0.2) is 48.7 Å². The molecule has 7 heteroatoms. The van der Waals surface area contributed by atoms with Gasteiger partial charge in [-0.3, -0.25) is 0 Å². The summed E-state index contributed by atoms with van der Waals surface area (Å²) >= 11 is 0. The highest BCUT2D eigenvalue weighted by atomic mass is 32.2. The van der Waals surface area contributed by atoms with Crippen LogP contribution in [0.4, 0.5) is 0 Å². The second kappa shape index (κ2) is 7.23. The van der Waals surface area contributed by atoms with E-state index >= 15 is 0 Å². The van der Waals surface area contributed by atoms with Crippen molar-refractivity contribution in [1.29, 1.82) is 5.26 Å². The van der Waals surface area contributed by atoms with Crippen molar-refractivity contribution in [3.05, 3.63) is 59.9 Å². The third kappa shape index (κ3) is 3.57. The molecule has 4 rings (SSSR count). The first-order valence-electron chi connectivity index (χ1n) is 9.04. The number of rotatable bonds is 4. The Hall–Kier alpha value is -2.95. The predicted octanol–water partition coefficient (Wildman–Crippen LogP) is 3.34. The quantitative estimate of drug-likeness (QED) is 0.737. The van der Waals surface area contributed by atoms with Crippen molar-refractivity contribution in [1.82, 2.24) is 14.3 Å². The number of benzene rings is 1. The summed E-state index contributed by atoms with van der Waals surface area (Å²) in [6, 6.07) is 14.2. The molecule has 0 saturated carbocycles. The number of pyridine rings is 1. The Kier molecular flexibility index (Phi) is 4.75. The molecular weight excluding hydrogens is 372 g/mol. The maximum atomic E-state index is 11.7. The average Bonchev–Trinajstić information content (AvgIpc) is 3.13. The zero-order valence-electron chi connectivity index (χ0n) is 15.5. The second-order valence-electron chi connectivity index (χ2n) is 6.94. The van der Waals surface area contributed by atoms with E-state index < -0.39 is 10.0 Å². The molecule has 0 bridgehead atoms. The van der Waals surface area contributed by atoms with Crippen molar-refractivity contribution in [3.63, 3.8) is 0 Å². The summed E-state index contributed by atoms with van der Waals surface area (Å²) in [5.41, 5.74) is 6.03. The summed E-state index contributed by atoms with van der Waals surface area (Å²) in [5, 5.41) is 9.86. The SMILES string of the molecule is CS(=O)(=O)N1CC=C(c2cc3c(-c4ccc(CC#N)cc4)ccnc3[nH]2)CC1. The minimum absolute atomic E-state index is 0.393. The number of nitriles is 1. The molecule has 0 unspecified atom stereocenters. The summed E-state index contributed by atoms with van der Waals surface area (Å²) < 4.78 is 24.9. The Morgan fingerprint density at radius 1 is 1.25 bits per heavy atom. The van der Waals surface area contributed by atoms with Crippen molar-refractivity contribution in [3.8, 4) is 17.2 Å². The molecule has 1 aliphatic heterocycles. The molecule has 0 spiro atoms. The molecule has 0 radical (unpaired) electrons. The van der Waals surface area contributed by atoms with Gasteiger partial charge in [0.15, 0.2) is 0 Å². The number of aromatic nitrogens is 2. The highest BCUT2D eigenvalue weighted by Crippen LogP contribution is 2.31. The molecule has 0 aliphatic carbocycles. The summed E-state index contributed by atoms with van der Waals surface area (Å²) in [6.45, 7) is 0.880. The smallest absolute Gasteiger partial charge is 0.211 e. The van der Waals surface area contributed by atoms with Gasteiger partial charge in [-0.05, 0) is 40.8 Å². The number of H-pyrrole nitrogens is 1. The normalized spacial score (nSPS) is 15.4. The lowest BCUT2D eigenvalue weighted by molar-refractivity contribution is 0.445. The largest absolute Gasteiger partial charge is 0.339 e. The summed E-state index contributed by atoms with van der Waals surface area (Å²) in [6.07, 6.45) is 6.05. The van der Waals surface area contributed by atoms with Gasteiger partial charge in [-0.15, -0.1) is 0 Å². The van der Waals surface area contributed by atoms with Gasteiger partial charge >= 0.3 is 0 Å². The Labute approximate surface area is 164 Å². The topological polar surface area (TPSA) is 89.8 Å². The highest BCUT2D eigenvalue weighted by molar-refractivity contribution is 7.88. The van der Waals surface area contributed by atoms with Crippen LogP contribution in [0.5, 0.6) is 0 Å². The van der Waals surface area contributed by atoms with Crippen molar-refractivity contribution >= 4 is 26.6 Å². The Morgan fingerprint density at radius 2 is 2.04 bits per heavy atom. The van der Waals surface area contributed by atoms with E-state index in [0.29, 0.717) is 25.9 Å². The van der Waals surface area contributed by atoms with Gasteiger partial charge < -0.3 is 4.98 Å². The van der Waals surface area contributed by atoms with E-state index in [4.69, 9.17) is 5.26 Å². The number of sulfonamides is 1. The maximum Gasteiger partial charge on any atom is 0.211 e. The van der Waals surface area contributed by atoms with E-state index in [1.54, 1.807) is 6.20 Å².